The minimum atomic E-state index is -0.521. The van der Waals surface area contributed by atoms with Crippen LogP contribution < -0.4 is 0 Å². The van der Waals surface area contributed by atoms with Crippen molar-refractivity contribution in [3.63, 3.8) is 0 Å². The molecular formula is C20H20N2O3. The van der Waals surface area contributed by atoms with Gasteiger partial charge < -0.3 is 9.64 Å². The van der Waals surface area contributed by atoms with Gasteiger partial charge in [-0.3, -0.25) is 14.6 Å². The minimum absolute atomic E-state index is 0.104. The number of likely N-dealkylation sites (tertiary alicyclic amines) is 1. The zero-order valence-electron chi connectivity index (χ0n) is 14.1. The van der Waals surface area contributed by atoms with E-state index in [1.165, 1.54) is 0 Å². The third-order valence-corrected chi connectivity index (χ3v) is 4.07. The quantitative estimate of drug-likeness (QED) is 0.806. The minimum Gasteiger partial charge on any atom is -0.465 e. The van der Waals surface area contributed by atoms with Crippen LogP contribution in [-0.2, 0) is 9.53 Å². The molecule has 5 heteroatoms. The van der Waals surface area contributed by atoms with Crippen LogP contribution in [0.2, 0.25) is 0 Å². The second-order valence-electron chi connectivity index (χ2n) is 5.80. The maximum Gasteiger partial charge on any atom is 0.316 e. The van der Waals surface area contributed by atoms with Gasteiger partial charge in [-0.1, -0.05) is 36.4 Å². The standard InChI is InChI=1S/C20H20N2O3/c1-2-25-20(24)17-13-22(19(23)15-9-5-3-6-10-15)14-18(17)21-16-11-7-4-8-12-16/h3-12,17H,2,13-14H2,1H3. The maximum atomic E-state index is 12.7. The Balaban J connectivity index is 1.86. The fraction of sp³-hybridized carbons (Fsp3) is 0.250. The fourth-order valence-electron chi connectivity index (χ4n) is 2.85. The number of carbonyl (C=O) groups is 2. The van der Waals surface area contributed by atoms with Crippen LogP contribution in [-0.4, -0.2) is 42.2 Å². The molecule has 2 aromatic carbocycles. The van der Waals surface area contributed by atoms with Gasteiger partial charge in [-0.2, -0.15) is 0 Å². The SMILES string of the molecule is CCOC(=O)C1CN(C(=O)c2ccccc2)CC1=Nc1ccccc1. The second-order valence-corrected chi connectivity index (χ2v) is 5.80. The molecule has 0 N–H and O–H groups in total. The van der Waals surface area contributed by atoms with Crippen LogP contribution >= 0.6 is 0 Å². The van der Waals surface area contributed by atoms with Gasteiger partial charge in [0.2, 0.25) is 0 Å². The van der Waals surface area contributed by atoms with Crippen molar-refractivity contribution in [2.24, 2.45) is 10.9 Å². The molecule has 1 unspecified atom stereocenters. The van der Waals surface area contributed by atoms with Crippen molar-refractivity contribution in [2.45, 2.75) is 6.92 Å². The van der Waals surface area contributed by atoms with Crippen LogP contribution in [0.15, 0.2) is 65.7 Å². The summed E-state index contributed by atoms with van der Waals surface area (Å²) in [5, 5.41) is 0. The first-order chi connectivity index (χ1) is 12.2. The molecule has 128 valence electrons. The molecule has 1 aliphatic rings. The van der Waals surface area contributed by atoms with E-state index in [0.717, 1.165) is 5.69 Å². The Morgan fingerprint density at radius 2 is 1.72 bits per heavy atom. The number of hydrogen-bond acceptors (Lipinski definition) is 4. The number of benzene rings is 2. The third-order valence-electron chi connectivity index (χ3n) is 4.07. The monoisotopic (exact) mass is 336 g/mol. The van der Waals surface area contributed by atoms with Crippen molar-refractivity contribution in [1.29, 1.82) is 0 Å². The molecule has 0 bridgehead atoms. The van der Waals surface area contributed by atoms with E-state index in [1.807, 2.05) is 48.5 Å². The highest BCUT2D eigenvalue weighted by Gasteiger charge is 2.37. The molecule has 1 fully saturated rings. The topological polar surface area (TPSA) is 59.0 Å². The van der Waals surface area contributed by atoms with Gasteiger partial charge in [0.05, 0.1) is 24.6 Å². The number of aliphatic imine (C=N–C) groups is 1. The van der Waals surface area contributed by atoms with Crippen LogP contribution in [0.4, 0.5) is 5.69 Å². The van der Waals surface area contributed by atoms with E-state index >= 15 is 0 Å². The van der Waals surface area contributed by atoms with Crippen molar-refractivity contribution < 1.29 is 14.3 Å². The lowest BCUT2D eigenvalue weighted by Crippen LogP contribution is -2.30. The molecule has 0 aliphatic carbocycles. The van der Waals surface area contributed by atoms with Crippen molar-refractivity contribution in [3.05, 3.63) is 66.2 Å². The molecule has 1 saturated heterocycles. The number of rotatable bonds is 4. The molecule has 2 aromatic rings. The molecule has 3 rings (SSSR count). The Hall–Kier alpha value is -2.95. The van der Waals surface area contributed by atoms with Crippen LogP contribution in [0, 0.1) is 5.92 Å². The Kier molecular flexibility index (Phi) is 5.23. The second kappa shape index (κ2) is 7.75. The average molecular weight is 336 g/mol. The third kappa shape index (κ3) is 3.94. The van der Waals surface area contributed by atoms with Crippen molar-refractivity contribution in [3.8, 4) is 0 Å². The predicted molar refractivity (Wildman–Crippen MR) is 96.0 cm³/mol. The number of ether oxygens (including phenoxy) is 1. The summed E-state index contributed by atoms with van der Waals surface area (Å²) in [7, 11) is 0. The van der Waals surface area contributed by atoms with Crippen LogP contribution in [0.5, 0.6) is 0 Å². The summed E-state index contributed by atoms with van der Waals surface area (Å²) in [6, 6.07) is 18.5. The molecule has 0 spiro atoms. The van der Waals surface area contributed by atoms with Gasteiger partial charge >= 0.3 is 5.97 Å². The number of hydrogen-bond donors (Lipinski definition) is 0. The Morgan fingerprint density at radius 1 is 1.08 bits per heavy atom. The average Bonchev–Trinajstić information content (AvgIpc) is 3.07. The fourth-order valence-corrected chi connectivity index (χ4v) is 2.85. The van der Waals surface area contributed by atoms with Gasteiger partial charge in [0.1, 0.15) is 5.92 Å². The lowest BCUT2D eigenvalue weighted by atomic mass is 10.1. The lowest BCUT2D eigenvalue weighted by Gasteiger charge is -2.15. The first-order valence-corrected chi connectivity index (χ1v) is 8.32. The summed E-state index contributed by atoms with van der Waals surface area (Å²) < 4.78 is 5.17. The van der Waals surface area contributed by atoms with Crippen LogP contribution in [0.1, 0.15) is 17.3 Å². The van der Waals surface area contributed by atoms with Crippen molar-refractivity contribution in [2.75, 3.05) is 19.7 Å². The summed E-state index contributed by atoms with van der Waals surface area (Å²) in [4.78, 5) is 31.2. The van der Waals surface area contributed by atoms with E-state index < -0.39 is 5.92 Å². The van der Waals surface area contributed by atoms with E-state index in [0.29, 0.717) is 24.4 Å². The number of para-hydroxylation sites is 1. The molecule has 1 heterocycles. The highest BCUT2D eigenvalue weighted by atomic mass is 16.5. The zero-order chi connectivity index (χ0) is 17.6. The number of esters is 1. The van der Waals surface area contributed by atoms with E-state index in [-0.39, 0.29) is 18.4 Å². The zero-order valence-corrected chi connectivity index (χ0v) is 14.1. The highest BCUT2D eigenvalue weighted by molar-refractivity contribution is 6.09. The lowest BCUT2D eigenvalue weighted by molar-refractivity contribution is -0.145. The number of amides is 1. The van der Waals surface area contributed by atoms with Crippen LogP contribution in [0.25, 0.3) is 0 Å². The maximum absolute atomic E-state index is 12.7. The summed E-state index contributed by atoms with van der Waals surface area (Å²) in [5.74, 6) is -0.957. The van der Waals surface area contributed by atoms with E-state index in [2.05, 4.69) is 4.99 Å². The highest BCUT2D eigenvalue weighted by Crippen LogP contribution is 2.22. The molecule has 1 aliphatic heterocycles. The van der Waals surface area contributed by atoms with E-state index in [4.69, 9.17) is 4.74 Å². The largest absolute Gasteiger partial charge is 0.465 e. The van der Waals surface area contributed by atoms with Crippen LogP contribution in [0.3, 0.4) is 0 Å². The summed E-state index contributed by atoms with van der Waals surface area (Å²) >= 11 is 0. The van der Waals surface area contributed by atoms with Gasteiger partial charge in [-0.15, -0.1) is 0 Å². The molecule has 0 aromatic heterocycles. The predicted octanol–water partition coefficient (Wildman–Crippen LogP) is 3.09. The molecule has 5 nitrogen and oxygen atoms in total. The summed E-state index contributed by atoms with van der Waals surface area (Å²) in [6.07, 6.45) is 0. The molecule has 1 amide bonds. The number of carbonyl (C=O) groups excluding carboxylic acids is 2. The smallest absolute Gasteiger partial charge is 0.316 e. The Bertz CT molecular complexity index is 772. The van der Waals surface area contributed by atoms with Gasteiger partial charge in [0, 0.05) is 12.1 Å². The first-order valence-electron chi connectivity index (χ1n) is 8.32. The summed E-state index contributed by atoms with van der Waals surface area (Å²) in [6.45, 7) is 2.69. The van der Waals surface area contributed by atoms with Gasteiger partial charge in [0.15, 0.2) is 0 Å². The molecule has 25 heavy (non-hydrogen) atoms. The number of nitrogens with zero attached hydrogens (tertiary/aromatic N) is 2. The van der Waals surface area contributed by atoms with E-state index in [9.17, 15) is 9.59 Å². The van der Waals surface area contributed by atoms with Gasteiger partial charge in [-0.25, -0.2) is 0 Å². The van der Waals surface area contributed by atoms with Gasteiger partial charge in [-0.05, 0) is 31.2 Å². The van der Waals surface area contributed by atoms with E-state index in [1.54, 1.807) is 24.0 Å². The van der Waals surface area contributed by atoms with Gasteiger partial charge in [0.25, 0.3) is 5.91 Å². The summed E-state index contributed by atoms with van der Waals surface area (Å²) in [5.41, 5.74) is 2.03. The Morgan fingerprint density at radius 3 is 2.36 bits per heavy atom. The molecular weight excluding hydrogens is 316 g/mol. The van der Waals surface area contributed by atoms with Crippen molar-refractivity contribution in [1.82, 2.24) is 4.90 Å². The first kappa shape index (κ1) is 16.9. The molecule has 0 saturated carbocycles. The molecule has 1 atom stereocenters. The normalized spacial score (nSPS) is 18.4. The Labute approximate surface area is 146 Å². The van der Waals surface area contributed by atoms with Crippen molar-refractivity contribution >= 4 is 23.3 Å². The molecule has 0 radical (unpaired) electrons.